The second-order valence-corrected chi connectivity index (χ2v) is 7.27. The molecule has 2 unspecified atom stereocenters. The fourth-order valence-electron chi connectivity index (χ4n) is 3.35. The molecule has 0 saturated carbocycles. The van der Waals surface area contributed by atoms with E-state index in [9.17, 15) is 5.11 Å². The number of aliphatic hydroxyl groups excluding tert-OH is 1. The van der Waals surface area contributed by atoms with Crippen LogP contribution in [-0.2, 0) is 0 Å². The second-order valence-electron chi connectivity index (χ2n) is 7.27. The molecule has 0 aromatic heterocycles. The first-order chi connectivity index (χ1) is 13.2. The number of nitrogens with zero attached hydrogens (tertiary/aromatic N) is 2. The summed E-state index contributed by atoms with van der Waals surface area (Å²) >= 11 is 0. The van der Waals surface area contributed by atoms with Gasteiger partial charge in [-0.2, -0.15) is 0 Å². The van der Waals surface area contributed by atoms with Crippen molar-refractivity contribution < 1.29 is 9.84 Å². The molecule has 0 radical (unpaired) electrons. The normalized spacial score (nSPS) is 18.0. The molecule has 6 heteroatoms. The molecule has 0 spiro atoms. The topological polar surface area (TPSA) is 69.1 Å². The van der Waals surface area contributed by atoms with Gasteiger partial charge in [0, 0.05) is 26.2 Å². The summed E-state index contributed by atoms with van der Waals surface area (Å²) in [6.07, 6.45) is 3.84. The van der Waals surface area contributed by atoms with Crippen LogP contribution in [-0.4, -0.2) is 62.4 Å². The van der Waals surface area contributed by atoms with Crippen molar-refractivity contribution in [3.63, 3.8) is 0 Å². The number of guanidine groups is 1. The van der Waals surface area contributed by atoms with Gasteiger partial charge in [0.25, 0.3) is 0 Å². The summed E-state index contributed by atoms with van der Waals surface area (Å²) < 4.78 is 5.31. The Labute approximate surface area is 164 Å². The van der Waals surface area contributed by atoms with Gasteiger partial charge in [0.15, 0.2) is 5.96 Å². The maximum Gasteiger partial charge on any atom is 0.191 e. The lowest BCUT2D eigenvalue weighted by Gasteiger charge is -2.35. The maximum atomic E-state index is 9.23. The zero-order chi connectivity index (χ0) is 19.5. The standard InChI is InChI=1S/C21H36N4O2/c1-4-22-21(23-14-17(2)16-26)24-15-20(25-12-6-5-7-13-25)18-8-10-19(27-3)11-9-18/h8-11,17,20,26H,4-7,12-16H2,1-3H3,(H2,22,23,24). The van der Waals surface area contributed by atoms with Crippen molar-refractivity contribution in [2.24, 2.45) is 10.9 Å². The van der Waals surface area contributed by atoms with E-state index >= 15 is 0 Å². The Hall–Kier alpha value is -1.79. The van der Waals surface area contributed by atoms with Crippen LogP contribution in [0, 0.1) is 5.92 Å². The highest BCUT2D eigenvalue weighted by Crippen LogP contribution is 2.25. The minimum Gasteiger partial charge on any atom is -0.497 e. The fourth-order valence-corrected chi connectivity index (χ4v) is 3.35. The average molecular weight is 377 g/mol. The molecule has 6 nitrogen and oxygen atoms in total. The van der Waals surface area contributed by atoms with Gasteiger partial charge in [-0.1, -0.05) is 25.5 Å². The number of benzene rings is 1. The highest BCUT2D eigenvalue weighted by Gasteiger charge is 2.22. The van der Waals surface area contributed by atoms with Gasteiger partial charge in [0.05, 0.1) is 13.2 Å². The molecule has 1 fully saturated rings. The smallest absolute Gasteiger partial charge is 0.191 e. The van der Waals surface area contributed by atoms with Crippen LogP contribution in [0.2, 0.25) is 0 Å². The Bertz CT molecular complexity index is 556. The van der Waals surface area contributed by atoms with E-state index in [4.69, 9.17) is 4.74 Å². The lowest BCUT2D eigenvalue weighted by molar-refractivity contribution is 0.164. The van der Waals surface area contributed by atoms with Crippen LogP contribution < -0.4 is 15.4 Å². The van der Waals surface area contributed by atoms with Crippen molar-refractivity contribution in [2.45, 2.75) is 39.2 Å². The van der Waals surface area contributed by atoms with Crippen LogP contribution in [0.25, 0.3) is 0 Å². The van der Waals surface area contributed by atoms with E-state index in [0.29, 0.717) is 12.6 Å². The van der Waals surface area contributed by atoms with Crippen LogP contribution >= 0.6 is 0 Å². The zero-order valence-corrected chi connectivity index (χ0v) is 17.1. The molecule has 0 bridgehead atoms. The lowest BCUT2D eigenvalue weighted by atomic mass is 10.0. The summed E-state index contributed by atoms with van der Waals surface area (Å²) in [5.41, 5.74) is 1.30. The van der Waals surface area contributed by atoms with E-state index in [-0.39, 0.29) is 12.5 Å². The van der Waals surface area contributed by atoms with Crippen LogP contribution in [0.5, 0.6) is 5.75 Å². The third kappa shape index (κ3) is 7.03. The van der Waals surface area contributed by atoms with Gasteiger partial charge in [0.1, 0.15) is 5.75 Å². The van der Waals surface area contributed by atoms with E-state index in [1.54, 1.807) is 7.11 Å². The number of hydrogen-bond acceptors (Lipinski definition) is 4. The van der Waals surface area contributed by atoms with E-state index in [0.717, 1.165) is 37.9 Å². The number of likely N-dealkylation sites (tertiary alicyclic amines) is 1. The fraction of sp³-hybridized carbons (Fsp3) is 0.667. The predicted octanol–water partition coefficient (Wildman–Crippen LogP) is 2.41. The Balaban J connectivity index is 2.09. The quantitative estimate of drug-likeness (QED) is 0.456. The minimum atomic E-state index is 0.158. The largest absolute Gasteiger partial charge is 0.497 e. The van der Waals surface area contributed by atoms with Gasteiger partial charge < -0.3 is 20.5 Å². The molecule has 2 atom stereocenters. The minimum absolute atomic E-state index is 0.158. The van der Waals surface area contributed by atoms with Gasteiger partial charge in [-0.3, -0.25) is 9.89 Å². The number of aliphatic hydroxyl groups is 1. The van der Waals surface area contributed by atoms with Crippen molar-refractivity contribution in [3.8, 4) is 5.75 Å². The van der Waals surface area contributed by atoms with Crippen LogP contribution in [0.15, 0.2) is 29.3 Å². The summed E-state index contributed by atoms with van der Waals surface area (Å²) in [6, 6.07) is 8.70. The van der Waals surface area contributed by atoms with Crippen LogP contribution in [0.3, 0.4) is 0 Å². The number of rotatable bonds is 9. The van der Waals surface area contributed by atoms with Gasteiger partial charge in [-0.05, 0) is 56.5 Å². The van der Waals surface area contributed by atoms with Crippen molar-refractivity contribution in [3.05, 3.63) is 29.8 Å². The molecule has 1 aromatic carbocycles. The van der Waals surface area contributed by atoms with Crippen LogP contribution in [0.4, 0.5) is 0 Å². The lowest BCUT2D eigenvalue weighted by Crippen LogP contribution is -2.44. The summed E-state index contributed by atoms with van der Waals surface area (Å²) in [5, 5.41) is 16.0. The number of ether oxygens (including phenoxy) is 1. The van der Waals surface area contributed by atoms with Crippen molar-refractivity contribution in [1.29, 1.82) is 0 Å². The Morgan fingerprint density at radius 1 is 1.19 bits per heavy atom. The molecule has 0 amide bonds. The molecule has 3 N–H and O–H groups in total. The first-order valence-corrected chi connectivity index (χ1v) is 10.2. The first kappa shape index (κ1) is 21.5. The molecule has 1 saturated heterocycles. The molecule has 1 heterocycles. The highest BCUT2D eigenvalue weighted by atomic mass is 16.5. The summed E-state index contributed by atoms with van der Waals surface area (Å²) in [7, 11) is 1.70. The molecule has 1 aliphatic heterocycles. The Morgan fingerprint density at radius 3 is 2.48 bits per heavy atom. The van der Waals surface area contributed by atoms with Gasteiger partial charge >= 0.3 is 0 Å². The molecule has 1 aliphatic rings. The number of methoxy groups -OCH3 is 1. The molecule has 0 aliphatic carbocycles. The first-order valence-electron chi connectivity index (χ1n) is 10.2. The molecule has 2 rings (SSSR count). The highest BCUT2D eigenvalue weighted by molar-refractivity contribution is 5.79. The summed E-state index contributed by atoms with van der Waals surface area (Å²) in [6.45, 7) is 8.72. The van der Waals surface area contributed by atoms with Gasteiger partial charge in [-0.25, -0.2) is 0 Å². The molecular weight excluding hydrogens is 340 g/mol. The number of hydrogen-bond donors (Lipinski definition) is 3. The Kier molecular flexibility index (Phi) is 9.42. The zero-order valence-electron chi connectivity index (χ0n) is 17.1. The number of piperidine rings is 1. The average Bonchev–Trinajstić information content (AvgIpc) is 2.73. The molecule has 152 valence electrons. The summed E-state index contributed by atoms with van der Waals surface area (Å²) in [4.78, 5) is 7.19. The third-order valence-electron chi connectivity index (χ3n) is 5.01. The Morgan fingerprint density at radius 2 is 1.89 bits per heavy atom. The number of nitrogens with one attached hydrogen (secondary N) is 2. The second kappa shape index (κ2) is 11.8. The molecular formula is C21H36N4O2. The van der Waals surface area contributed by atoms with Crippen molar-refractivity contribution in [1.82, 2.24) is 15.5 Å². The van der Waals surface area contributed by atoms with Gasteiger partial charge in [0.2, 0.25) is 0 Å². The predicted molar refractivity (Wildman–Crippen MR) is 111 cm³/mol. The molecule has 1 aromatic rings. The van der Waals surface area contributed by atoms with E-state index in [1.807, 2.05) is 19.1 Å². The number of aliphatic imine (C=N–C) groups is 1. The van der Waals surface area contributed by atoms with Gasteiger partial charge in [-0.15, -0.1) is 0 Å². The van der Waals surface area contributed by atoms with Crippen LogP contribution in [0.1, 0.15) is 44.7 Å². The van der Waals surface area contributed by atoms with E-state index in [1.165, 1.54) is 24.8 Å². The monoisotopic (exact) mass is 376 g/mol. The van der Waals surface area contributed by atoms with Crippen molar-refractivity contribution >= 4 is 5.96 Å². The third-order valence-corrected chi connectivity index (χ3v) is 5.01. The van der Waals surface area contributed by atoms with E-state index in [2.05, 4.69) is 39.6 Å². The summed E-state index contributed by atoms with van der Waals surface area (Å²) in [5.74, 6) is 1.87. The SMILES string of the molecule is CCNC(=NCC(C)CO)NCC(c1ccc(OC)cc1)N1CCCCC1. The molecule has 27 heavy (non-hydrogen) atoms. The van der Waals surface area contributed by atoms with Crippen molar-refractivity contribution in [2.75, 3.05) is 46.4 Å². The van der Waals surface area contributed by atoms with E-state index < -0.39 is 0 Å². The maximum absolute atomic E-state index is 9.23.